The third-order valence-electron chi connectivity index (χ3n) is 9.98. The summed E-state index contributed by atoms with van der Waals surface area (Å²) in [5.41, 5.74) is -0.165. The molecule has 0 radical (unpaired) electrons. The first-order valence-corrected chi connectivity index (χ1v) is 12.4. The van der Waals surface area contributed by atoms with Crippen LogP contribution in [0, 0.1) is 46.3 Å². The van der Waals surface area contributed by atoms with Gasteiger partial charge in [-0.3, -0.25) is 0 Å². The summed E-state index contributed by atoms with van der Waals surface area (Å²) in [6, 6.07) is 0. The summed E-state index contributed by atoms with van der Waals surface area (Å²) in [5, 5.41) is 11.0. The van der Waals surface area contributed by atoms with E-state index in [9.17, 15) is 5.11 Å². The minimum Gasteiger partial charge on any atom is -0.390 e. The standard InChI is InChI=1S/C28H48O/c1-19(2)8-7-9-20(3)23-12-13-24-22-11-10-21-18-26(4,29)16-17-27(21,5)25(22)14-15-28(23,24)6/h10,19-20,22-25,29H,7-9,11-18H2,1-6H3/t20-,22?,23?,24?,25?,26?,27?,28?/m1/s1/i1D,4D3,12D/t12?,19-,20-,22?,23?,24?,25?,26?,27?,28?. The highest BCUT2D eigenvalue weighted by molar-refractivity contribution is 5.26. The highest BCUT2D eigenvalue weighted by Crippen LogP contribution is 2.67. The molecule has 0 aromatic carbocycles. The molecule has 4 rings (SSSR count). The van der Waals surface area contributed by atoms with Crippen LogP contribution in [-0.4, -0.2) is 10.7 Å². The van der Waals surface area contributed by atoms with Gasteiger partial charge in [-0.1, -0.05) is 65.5 Å². The zero-order valence-corrected chi connectivity index (χ0v) is 19.3. The zero-order chi connectivity index (χ0) is 25.1. The van der Waals surface area contributed by atoms with E-state index in [1.807, 2.05) is 0 Å². The largest absolute Gasteiger partial charge is 0.390 e. The Morgan fingerprint density at radius 1 is 1.17 bits per heavy atom. The van der Waals surface area contributed by atoms with Crippen molar-refractivity contribution in [3.05, 3.63) is 11.6 Å². The van der Waals surface area contributed by atoms with Crippen LogP contribution in [0.5, 0.6) is 0 Å². The maximum absolute atomic E-state index is 11.0. The van der Waals surface area contributed by atoms with Gasteiger partial charge in [-0.05, 0) is 105 Å². The van der Waals surface area contributed by atoms with Gasteiger partial charge in [-0.15, -0.1) is 0 Å². The summed E-state index contributed by atoms with van der Waals surface area (Å²) in [4.78, 5) is 0. The van der Waals surface area contributed by atoms with Gasteiger partial charge >= 0.3 is 0 Å². The van der Waals surface area contributed by atoms with Gasteiger partial charge in [0.25, 0.3) is 0 Å². The van der Waals surface area contributed by atoms with Crippen molar-refractivity contribution in [1.82, 2.24) is 0 Å². The third kappa shape index (κ3) is 3.77. The predicted molar refractivity (Wildman–Crippen MR) is 124 cm³/mol. The molecule has 0 aliphatic heterocycles. The molecule has 3 fully saturated rings. The molecule has 0 bridgehead atoms. The van der Waals surface area contributed by atoms with Crippen LogP contribution in [0.1, 0.15) is 119 Å². The lowest BCUT2D eigenvalue weighted by Gasteiger charge is -2.59. The third-order valence-corrected chi connectivity index (χ3v) is 9.98. The zero-order valence-electron chi connectivity index (χ0n) is 24.3. The summed E-state index contributed by atoms with van der Waals surface area (Å²) < 4.78 is 40.4. The van der Waals surface area contributed by atoms with E-state index in [0.717, 1.165) is 25.7 Å². The van der Waals surface area contributed by atoms with Crippen molar-refractivity contribution in [3.8, 4) is 0 Å². The number of fused-ring (bicyclic) bond motifs is 5. The van der Waals surface area contributed by atoms with Crippen molar-refractivity contribution in [2.75, 3.05) is 0 Å². The molecule has 1 heteroatoms. The quantitative estimate of drug-likeness (QED) is 0.463. The minimum absolute atomic E-state index is 0.00461. The van der Waals surface area contributed by atoms with Crippen LogP contribution in [-0.2, 0) is 0 Å². The molecule has 1 nitrogen and oxygen atoms in total. The van der Waals surface area contributed by atoms with Crippen LogP contribution in [0.2, 0.25) is 0 Å². The van der Waals surface area contributed by atoms with E-state index in [1.165, 1.54) is 31.3 Å². The van der Waals surface area contributed by atoms with Crippen molar-refractivity contribution >= 4 is 0 Å². The first-order valence-electron chi connectivity index (χ1n) is 15.2. The molecule has 0 spiro atoms. The first-order chi connectivity index (χ1) is 15.8. The van der Waals surface area contributed by atoms with Crippen LogP contribution in [0.15, 0.2) is 11.6 Å². The summed E-state index contributed by atoms with van der Waals surface area (Å²) in [6.07, 6.45) is 11.6. The monoisotopic (exact) mass is 405 g/mol. The fourth-order valence-electron chi connectivity index (χ4n) is 8.27. The second kappa shape index (κ2) is 7.68. The number of aliphatic hydroxyl groups is 1. The van der Waals surface area contributed by atoms with Crippen LogP contribution in [0.3, 0.4) is 0 Å². The maximum atomic E-state index is 11.0. The Morgan fingerprint density at radius 2 is 2.00 bits per heavy atom. The second-order valence-electron chi connectivity index (χ2n) is 12.0. The van der Waals surface area contributed by atoms with Crippen molar-refractivity contribution in [3.63, 3.8) is 0 Å². The molecule has 10 atom stereocenters. The molecule has 0 aromatic rings. The molecular weight excluding hydrogens is 352 g/mol. The molecule has 29 heavy (non-hydrogen) atoms. The normalized spacial score (nSPS) is 54.3. The summed E-state index contributed by atoms with van der Waals surface area (Å²) in [5.74, 6) is 3.19. The molecular formula is C28H48O. The average molecular weight is 406 g/mol. The van der Waals surface area contributed by atoms with E-state index in [-0.39, 0.29) is 17.2 Å². The molecule has 4 aliphatic rings. The number of rotatable bonds is 5. The van der Waals surface area contributed by atoms with Crippen LogP contribution < -0.4 is 0 Å². The number of hydrogen-bond donors (Lipinski definition) is 1. The second-order valence-corrected chi connectivity index (χ2v) is 12.0. The molecule has 0 heterocycles. The van der Waals surface area contributed by atoms with E-state index < -0.39 is 12.5 Å². The molecule has 3 saturated carbocycles. The van der Waals surface area contributed by atoms with Crippen molar-refractivity contribution in [2.45, 2.75) is 118 Å². The van der Waals surface area contributed by atoms with Crippen LogP contribution in [0.25, 0.3) is 0 Å². The van der Waals surface area contributed by atoms with Crippen LogP contribution >= 0.6 is 0 Å². The smallest absolute Gasteiger partial charge is 0.0657 e. The molecule has 0 aromatic heterocycles. The van der Waals surface area contributed by atoms with Gasteiger partial charge in [-0.25, -0.2) is 0 Å². The van der Waals surface area contributed by atoms with E-state index >= 15 is 0 Å². The average Bonchev–Trinajstić information content (AvgIpc) is 3.03. The Kier molecular flexibility index (Phi) is 4.33. The maximum Gasteiger partial charge on any atom is 0.0657 e. The SMILES string of the molecule is [2H]C[C@H](C)CCC[C@@H](C)C1C([2H])CC2C3CC=C4CC(O)(C([2H])([2H])[2H])CCC4(C)C3CCC21C. The van der Waals surface area contributed by atoms with Crippen molar-refractivity contribution in [2.24, 2.45) is 46.3 Å². The first kappa shape index (κ1) is 16.3. The molecule has 8 unspecified atom stereocenters. The molecule has 0 amide bonds. The molecule has 0 saturated heterocycles. The lowest BCUT2D eigenvalue weighted by molar-refractivity contribution is -0.0705. The molecule has 1 N–H and O–H groups in total. The van der Waals surface area contributed by atoms with Gasteiger partial charge in [0.1, 0.15) is 0 Å². The molecule has 4 aliphatic carbocycles. The van der Waals surface area contributed by atoms with Gasteiger partial charge in [0.2, 0.25) is 0 Å². The number of hydrogen-bond acceptors (Lipinski definition) is 1. The van der Waals surface area contributed by atoms with E-state index in [0.29, 0.717) is 55.2 Å². The van der Waals surface area contributed by atoms with Crippen molar-refractivity contribution in [1.29, 1.82) is 0 Å². The van der Waals surface area contributed by atoms with Gasteiger partial charge in [-0.2, -0.15) is 0 Å². The van der Waals surface area contributed by atoms with Gasteiger partial charge in [0.05, 0.1) is 5.60 Å². The fraction of sp³-hybridized carbons (Fsp3) is 0.929. The summed E-state index contributed by atoms with van der Waals surface area (Å²) in [7, 11) is 0. The highest BCUT2D eigenvalue weighted by atomic mass is 16.3. The summed E-state index contributed by atoms with van der Waals surface area (Å²) >= 11 is 0. The topological polar surface area (TPSA) is 20.2 Å². The molecule has 166 valence electrons. The van der Waals surface area contributed by atoms with Crippen LogP contribution in [0.4, 0.5) is 0 Å². The van der Waals surface area contributed by atoms with Crippen molar-refractivity contribution < 1.29 is 12.0 Å². The predicted octanol–water partition coefficient (Wildman–Crippen LogP) is 7.78. The Balaban J connectivity index is 1.52. The minimum atomic E-state index is -2.33. The Hall–Kier alpha value is -0.300. The van der Waals surface area contributed by atoms with Gasteiger partial charge in [0.15, 0.2) is 0 Å². The Morgan fingerprint density at radius 3 is 2.76 bits per heavy atom. The Bertz CT molecular complexity index is 779. The lowest BCUT2D eigenvalue weighted by Crippen LogP contribution is -2.52. The Labute approximate surface area is 188 Å². The number of allylic oxidation sites excluding steroid dienone is 1. The highest BCUT2D eigenvalue weighted by Gasteiger charge is 2.59. The van der Waals surface area contributed by atoms with E-state index in [1.54, 1.807) is 0 Å². The lowest BCUT2D eigenvalue weighted by atomic mass is 9.46. The van der Waals surface area contributed by atoms with Gasteiger partial charge in [0, 0.05) is 6.85 Å². The summed E-state index contributed by atoms with van der Waals surface area (Å²) in [6.45, 7) is 7.58. The van der Waals surface area contributed by atoms with Gasteiger partial charge < -0.3 is 5.11 Å². The fourth-order valence-corrected chi connectivity index (χ4v) is 8.27. The van der Waals surface area contributed by atoms with E-state index in [4.69, 9.17) is 6.85 Å². The van der Waals surface area contributed by atoms with E-state index in [2.05, 4.69) is 33.8 Å².